The van der Waals surface area contributed by atoms with E-state index in [1.54, 1.807) is 23.5 Å². The molecular formula is C14H9ClFNOS2. The summed E-state index contributed by atoms with van der Waals surface area (Å²) in [5, 5.41) is 5.25. The number of nitrogens with one attached hydrogen (secondary N) is 1. The maximum absolute atomic E-state index is 13.7. The summed E-state index contributed by atoms with van der Waals surface area (Å²) in [4.78, 5) is 13.5. The van der Waals surface area contributed by atoms with Crippen LogP contribution in [0, 0.1) is 5.82 Å². The van der Waals surface area contributed by atoms with Crippen LogP contribution in [0.5, 0.6) is 0 Å². The zero-order valence-electron chi connectivity index (χ0n) is 10.2. The third-order valence-corrected chi connectivity index (χ3v) is 5.34. The van der Waals surface area contributed by atoms with Gasteiger partial charge in [0.05, 0.1) is 11.6 Å². The van der Waals surface area contributed by atoms with Crippen molar-refractivity contribution >= 4 is 50.3 Å². The number of fused-ring (bicyclic) bond motifs is 1. The summed E-state index contributed by atoms with van der Waals surface area (Å²) in [6.45, 7) is 0.448. The minimum absolute atomic E-state index is 0.187. The van der Waals surface area contributed by atoms with Crippen LogP contribution in [0.2, 0.25) is 5.02 Å². The molecule has 102 valence electrons. The summed E-state index contributed by atoms with van der Waals surface area (Å²) in [7, 11) is 0. The third-order valence-electron chi connectivity index (χ3n) is 2.82. The van der Waals surface area contributed by atoms with Crippen molar-refractivity contribution < 1.29 is 9.18 Å². The van der Waals surface area contributed by atoms with E-state index in [1.165, 1.54) is 17.4 Å². The Morgan fingerprint density at radius 1 is 1.30 bits per heavy atom. The van der Waals surface area contributed by atoms with Crippen molar-refractivity contribution in [2.24, 2.45) is 0 Å². The molecule has 0 aliphatic heterocycles. The normalized spacial score (nSPS) is 10.9. The van der Waals surface area contributed by atoms with Gasteiger partial charge in [-0.2, -0.15) is 0 Å². The molecule has 0 bridgehead atoms. The molecule has 0 unspecified atom stereocenters. The lowest BCUT2D eigenvalue weighted by Crippen LogP contribution is -2.21. The SMILES string of the molecule is O=C(NCc1cccs1)c1sc2cccc(F)c2c1Cl. The van der Waals surface area contributed by atoms with Gasteiger partial charge in [0.25, 0.3) is 5.91 Å². The molecule has 0 saturated heterocycles. The van der Waals surface area contributed by atoms with Crippen molar-refractivity contribution in [3.63, 3.8) is 0 Å². The second-order valence-corrected chi connectivity index (χ2v) is 6.58. The van der Waals surface area contributed by atoms with Gasteiger partial charge < -0.3 is 5.32 Å². The number of thiophene rings is 2. The van der Waals surface area contributed by atoms with Crippen LogP contribution in [-0.2, 0) is 6.54 Å². The van der Waals surface area contributed by atoms with Crippen LogP contribution < -0.4 is 5.32 Å². The van der Waals surface area contributed by atoms with E-state index in [2.05, 4.69) is 5.32 Å². The number of halogens is 2. The van der Waals surface area contributed by atoms with E-state index in [0.717, 1.165) is 4.88 Å². The van der Waals surface area contributed by atoms with Crippen LogP contribution in [0.3, 0.4) is 0 Å². The molecule has 0 saturated carbocycles. The van der Waals surface area contributed by atoms with Crippen LogP contribution in [0.1, 0.15) is 14.5 Å². The van der Waals surface area contributed by atoms with E-state index in [-0.39, 0.29) is 10.9 Å². The molecule has 1 amide bonds. The number of benzene rings is 1. The summed E-state index contributed by atoms with van der Waals surface area (Å²) in [6.07, 6.45) is 0. The van der Waals surface area contributed by atoms with Crippen LogP contribution in [0.15, 0.2) is 35.7 Å². The Bertz CT molecular complexity index is 767. The van der Waals surface area contributed by atoms with Gasteiger partial charge in [0.2, 0.25) is 0 Å². The molecule has 2 heterocycles. The van der Waals surface area contributed by atoms with Gasteiger partial charge in [0.1, 0.15) is 10.7 Å². The van der Waals surface area contributed by atoms with Crippen molar-refractivity contribution in [3.8, 4) is 0 Å². The van der Waals surface area contributed by atoms with Crippen LogP contribution in [0.4, 0.5) is 4.39 Å². The maximum atomic E-state index is 13.7. The van der Waals surface area contributed by atoms with E-state index in [4.69, 9.17) is 11.6 Å². The third kappa shape index (κ3) is 2.44. The zero-order valence-corrected chi connectivity index (χ0v) is 12.5. The average molecular weight is 326 g/mol. The highest BCUT2D eigenvalue weighted by Crippen LogP contribution is 2.36. The lowest BCUT2D eigenvalue weighted by atomic mass is 10.2. The first-order chi connectivity index (χ1) is 9.66. The predicted octanol–water partition coefficient (Wildman–Crippen LogP) is 4.69. The lowest BCUT2D eigenvalue weighted by molar-refractivity contribution is 0.0955. The van der Waals surface area contributed by atoms with Gasteiger partial charge in [-0.15, -0.1) is 22.7 Å². The predicted molar refractivity (Wildman–Crippen MR) is 82.3 cm³/mol. The average Bonchev–Trinajstić information content (AvgIpc) is 3.05. The van der Waals surface area contributed by atoms with Crippen molar-refractivity contribution in [1.82, 2.24) is 5.32 Å². The van der Waals surface area contributed by atoms with Crippen molar-refractivity contribution in [3.05, 3.63) is 56.3 Å². The molecule has 0 spiro atoms. The van der Waals surface area contributed by atoms with Crippen LogP contribution in [0.25, 0.3) is 10.1 Å². The second kappa shape index (κ2) is 5.52. The molecule has 0 atom stereocenters. The number of carbonyl (C=O) groups is 1. The molecule has 3 rings (SSSR count). The van der Waals surface area contributed by atoms with Crippen LogP contribution >= 0.6 is 34.3 Å². The molecule has 3 aromatic rings. The van der Waals surface area contributed by atoms with E-state index in [0.29, 0.717) is 21.5 Å². The minimum atomic E-state index is -0.402. The van der Waals surface area contributed by atoms with Gasteiger partial charge in [-0.3, -0.25) is 4.79 Å². The first kappa shape index (κ1) is 13.5. The number of hydrogen-bond acceptors (Lipinski definition) is 3. The Balaban J connectivity index is 1.88. The fourth-order valence-electron chi connectivity index (χ4n) is 1.88. The Morgan fingerprint density at radius 2 is 2.15 bits per heavy atom. The Kier molecular flexibility index (Phi) is 3.74. The van der Waals surface area contributed by atoms with Gasteiger partial charge in [0.15, 0.2) is 0 Å². The summed E-state index contributed by atoms with van der Waals surface area (Å²) >= 11 is 8.90. The van der Waals surface area contributed by atoms with E-state index >= 15 is 0 Å². The van der Waals surface area contributed by atoms with Gasteiger partial charge in [-0.25, -0.2) is 4.39 Å². The summed E-state index contributed by atoms with van der Waals surface area (Å²) in [6, 6.07) is 8.57. The molecule has 0 aliphatic rings. The molecule has 20 heavy (non-hydrogen) atoms. The highest BCUT2D eigenvalue weighted by atomic mass is 35.5. The fourth-order valence-corrected chi connectivity index (χ4v) is 4.00. The maximum Gasteiger partial charge on any atom is 0.263 e. The van der Waals surface area contributed by atoms with Gasteiger partial charge in [-0.1, -0.05) is 23.7 Å². The first-order valence-corrected chi connectivity index (χ1v) is 7.91. The Morgan fingerprint density at radius 3 is 2.85 bits per heavy atom. The highest BCUT2D eigenvalue weighted by molar-refractivity contribution is 7.21. The van der Waals surface area contributed by atoms with E-state index < -0.39 is 5.82 Å². The van der Waals surface area contributed by atoms with Gasteiger partial charge >= 0.3 is 0 Å². The van der Waals surface area contributed by atoms with Crippen molar-refractivity contribution in [2.45, 2.75) is 6.54 Å². The number of rotatable bonds is 3. The zero-order chi connectivity index (χ0) is 14.1. The first-order valence-electron chi connectivity index (χ1n) is 5.84. The number of hydrogen-bond donors (Lipinski definition) is 1. The standard InChI is InChI=1S/C14H9ClFNOS2/c15-12-11-9(16)4-1-5-10(11)20-13(12)14(18)17-7-8-3-2-6-19-8/h1-6H,7H2,(H,17,18). The van der Waals surface area contributed by atoms with E-state index in [9.17, 15) is 9.18 Å². The number of carbonyl (C=O) groups excluding carboxylic acids is 1. The molecule has 0 radical (unpaired) electrons. The fraction of sp³-hybridized carbons (Fsp3) is 0.0714. The smallest absolute Gasteiger partial charge is 0.263 e. The molecule has 2 nitrogen and oxygen atoms in total. The summed E-state index contributed by atoms with van der Waals surface area (Å²) in [5.41, 5.74) is 0. The highest BCUT2D eigenvalue weighted by Gasteiger charge is 2.19. The molecule has 2 aromatic heterocycles. The van der Waals surface area contributed by atoms with Crippen LogP contribution in [-0.4, -0.2) is 5.91 Å². The molecule has 0 aliphatic carbocycles. The molecule has 0 fully saturated rings. The lowest BCUT2D eigenvalue weighted by Gasteiger charge is -2.01. The quantitative estimate of drug-likeness (QED) is 0.744. The molecule has 1 aromatic carbocycles. The van der Waals surface area contributed by atoms with E-state index in [1.807, 2.05) is 17.5 Å². The monoisotopic (exact) mass is 325 g/mol. The largest absolute Gasteiger partial charge is 0.346 e. The Hall–Kier alpha value is -1.43. The van der Waals surface area contributed by atoms with Crippen molar-refractivity contribution in [1.29, 1.82) is 0 Å². The topological polar surface area (TPSA) is 29.1 Å². The summed E-state index contributed by atoms with van der Waals surface area (Å²) < 4.78 is 14.4. The number of amides is 1. The molecular weight excluding hydrogens is 317 g/mol. The van der Waals surface area contributed by atoms with Crippen molar-refractivity contribution in [2.75, 3.05) is 0 Å². The molecule has 6 heteroatoms. The van der Waals surface area contributed by atoms with Gasteiger partial charge in [0, 0.05) is 15.0 Å². The Labute approximate surface area is 127 Å². The minimum Gasteiger partial charge on any atom is -0.346 e. The second-order valence-electron chi connectivity index (χ2n) is 4.12. The molecule has 1 N–H and O–H groups in total. The summed E-state index contributed by atoms with van der Waals surface area (Å²) in [5.74, 6) is -0.676. The van der Waals surface area contributed by atoms with Gasteiger partial charge in [-0.05, 0) is 23.6 Å².